The first-order chi connectivity index (χ1) is 9.63. The van der Waals surface area contributed by atoms with Gasteiger partial charge in [0, 0.05) is 22.5 Å². The van der Waals surface area contributed by atoms with Crippen LogP contribution < -0.4 is 5.32 Å². The van der Waals surface area contributed by atoms with Crippen LogP contribution in [0.4, 0.5) is 11.4 Å². The number of hydrogen-bond donors (Lipinski definition) is 1. The Balaban J connectivity index is 2.14. The van der Waals surface area contributed by atoms with Crippen molar-refractivity contribution in [1.82, 2.24) is 9.97 Å². The van der Waals surface area contributed by atoms with Crippen LogP contribution in [-0.2, 0) is 0 Å². The molecule has 0 atom stereocenters. The van der Waals surface area contributed by atoms with E-state index in [-0.39, 0.29) is 0 Å². The van der Waals surface area contributed by atoms with Crippen LogP contribution in [0.25, 0.3) is 11.0 Å². The van der Waals surface area contributed by atoms with E-state index >= 15 is 0 Å². The molecule has 0 aliphatic carbocycles. The van der Waals surface area contributed by atoms with Gasteiger partial charge >= 0.3 is 0 Å². The molecule has 20 heavy (non-hydrogen) atoms. The molecule has 100 valence electrons. The van der Waals surface area contributed by atoms with Gasteiger partial charge in [-0.2, -0.15) is 0 Å². The van der Waals surface area contributed by atoms with E-state index in [9.17, 15) is 0 Å². The molecule has 0 saturated heterocycles. The zero-order chi connectivity index (χ0) is 14.1. The number of nitrogens with one attached hydrogen (secondary N) is 1. The SMILES string of the molecule is Cc1ccc2c(Nc3ccccc3C)cc(C)nc2n1. The average Bonchev–Trinajstić information content (AvgIpc) is 2.40. The van der Waals surface area contributed by atoms with Crippen LogP contribution >= 0.6 is 0 Å². The lowest BCUT2D eigenvalue weighted by Crippen LogP contribution is -1.98. The smallest absolute Gasteiger partial charge is 0.161 e. The maximum atomic E-state index is 4.51. The molecule has 0 saturated carbocycles. The number of aromatic nitrogens is 2. The van der Waals surface area contributed by atoms with Crippen LogP contribution in [0.1, 0.15) is 17.0 Å². The van der Waals surface area contributed by atoms with Gasteiger partial charge < -0.3 is 5.32 Å². The molecule has 3 nitrogen and oxygen atoms in total. The number of fused-ring (bicyclic) bond motifs is 1. The topological polar surface area (TPSA) is 37.8 Å². The number of benzene rings is 1. The van der Waals surface area contributed by atoms with E-state index in [4.69, 9.17) is 0 Å². The van der Waals surface area contributed by atoms with Crippen molar-refractivity contribution in [3.63, 3.8) is 0 Å². The molecule has 0 bridgehead atoms. The highest BCUT2D eigenvalue weighted by atomic mass is 14.9. The van der Waals surface area contributed by atoms with Gasteiger partial charge in [0.15, 0.2) is 5.65 Å². The largest absolute Gasteiger partial charge is 0.355 e. The van der Waals surface area contributed by atoms with Crippen molar-refractivity contribution in [2.45, 2.75) is 20.8 Å². The Morgan fingerprint density at radius 1 is 0.800 bits per heavy atom. The number of para-hydroxylation sites is 1. The van der Waals surface area contributed by atoms with E-state index in [0.29, 0.717) is 0 Å². The molecule has 3 heteroatoms. The van der Waals surface area contributed by atoms with Gasteiger partial charge in [0.25, 0.3) is 0 Å². The second-order valence-corrected chi connectivity index (χ2v) is 5.07. The van der Waals surface area contributed by atoms with Crippen molar-refractivity contribution in [3.8, 4) is 0 Å². The molecule has 0 spiro atoms. The van der Waals surface area contributed by atoms with Crippen molar-refractivity contribution in [3.05, 3.63) is 59.4 Å². The van der Waals surface area contributed by atoms with Crippen LogP contribution in [-0.4, -0.2) is 9.97 Å². The highest BCUT2D eigenvalue weighted by Gasteiger charge is 2.06. The van der Waals surface area contributed by atoms with E-state index in [2.05, 4.69) is 46.5 Å². The van der Waals surface area contributed by atoms with Gasteiger partial charge in [-0.1, -0.05) is 18.2 Å². The number of hydrogen-bond acceptors (Lipinski definition) is 3. The van der Waals surface area contributed by atoms with E-state index in [1.54, 1.807) is 0 Å². The summed E-state index contributed by atoms with van der Waals surface area (Å²) in [6.45, 7) is 6.07. The summed E-state index contributed by atoms with van der Waals surface area (Å²) < 4.78 is 0. The molecule has 0 fully saturated rings. The quantitative estimate of drug-likeness (QED) is 0.749. The van der Waals surface area contributed by atoms with Crippen LogP contribution in [0.3, 0.4) is 0 Å². The van der Waals surface area contributed by atoms with Crippen molar-refractivity contribution >= 4 is 22.4 Å². The lowest BCUT2D eigenvalue weighted by atomic mass is 10.1. The summed E-state index contributed by atoms with van der Waals surface area (Å²) in [6.07, 6.45) is 0. The summed E-state index contributed by atoms with van der Waals surface area (Å²) in [5.74, 6) is 0. The highest BCUT2D eigenvalue weighted by molar-refractivity contribution is 5.91. The van der Waals surface area contributed by atoms with Gasteiger partial charge in [0.1, 0.15) is 0 Å². The van der Waals surface area contributed by atoms with E-state index in [1.165, 1.54) is 5.56 Å². The fraction of sp³-hybridized carbons (Fsp3) is 0.176. The minimum atomic E-state index is 0.793. The Bertz CT molecular complexity index is 773. The maximum Gasteiger partial charge on any atom is 0.161 e. The summed E-state index contributed by atoms with van der Waals surface area (Å²) >= 11 is 0. The molecule has 2 heterocycles. The standard InChI is InChI=1S/C17H17N3/c1-11-6-4-5-7-15(11)20-16-10-13(3)19-17-14(16)9-8-12(2)18-17/h4-10H,1-3H3,(H,18,19,20). The van der Waals surface area contributed by atoms with Gasteiger partial charge in [-0.15, -0.1) is 0 Å². The van der Waals surface area contributed by atoms with Crippen molar-refractivity contribution in [2.24, 2.45) is 0 Å². The monoisotopic (exact) mass is 263 g/mol. The second-order valence-electron chi connectivity index (χ2n) is 5.07. The normalized spacial score (nSPS) is 10.8. The van der Waals surface area contributed by atoms with Gasteiger partial charge in [0.05, 0.1) is 5.69 Å². The van der Waals surface area contributed by atoms with Gasteiger partial charge in [-0.3, -0.25) is 0 Å². The Morgan fingerprint density at radius 2 is 1.55 bits per heavy atom. The molecule has 0 amide bonds. The van der Waals surface area contributed by atoms with Crippen molar-refractivity contribution in [1.29, 1.82) is 0 Å². The van der Waals surface area contributed by atoms with Gasteiger partial charge in [-0.25, -0.2) is 9.97 Å². The third-order valence-electron chi connectivity index (χ3n) is 3.35. The predicted octanol–water partition coefficient (Wildman–Crippen LogP) is 4.30. The summed E-state index contributed by atoms with van der Waals surface area (Å²) in [7, 11) is 0. The molecule has 3 rings (SSSR count). The number of aryl methyl sites for hydroxylation is 3. The first-order valence-electron chi connectivity index (χ1n) is 6.71. The van der Waals surface area contributed by atoms with E-state index in [1.807, 2.05) is 32.0 Å². The van der Waals surface area contributed by atoms with Crippen molar-refractivity contribution < 1.29 is 0 Å². The molecule has 0 aliphatic heterocycles. The summed E-state index contributed by atoms with van der Waals surface area (Å²) in [6, 6.07) is 14.4. The second kappa shape index (κ2) is 4.93. The number of rotatable bonds is 2. The Labute approximate surface area is 118 Å². The minimum absolute atomic E-state index is 0.793. The predicted molar refractivity (Wildman–Crippen MR) is 83.5 cm³/mol. The zero-order valence-electron chi connectivity index (χ0n) is 11.9. The molecular formula is C17H17N3. The molecule has 0 radical (unpaired) electrons. The molecule has 1 N–H and O–H groups in total. The summed E-state index contributed by atoms with van der Waals surface area (Å²) in [4.78, 5) is 9.02. The van der Waals surface area contributed by atoms with E-state index < -0.39 is 0 Å². The Kier molecular flexibility index (Phi) is 3.11. The lowest BCUT2D eigenvalue weighted by molar-refractivity contribution is 1.16. The van der Waals surface area contributed by atoms with Crippen LogP contribution in [0, 0.1) is 20.8 Å². The number of anilines is 2. The highest BCUT2D eigenvalue weighted by Crippen LogP contribution is 2.27. The van der Waals surface area contributed by atoms with Crippen molar-refractivity contribution in [2.75, 3.05) is 5.32 Å². The number of nitrogens with zero attached hydrogens (tertiary/aromatic N) is 2. The van der Waals surface area contributed by atoms with E-state index in [0.717, 1.165) is 33.8 Å². The summed E-state index contributed by atoms with van der Waals surface area (Å²) in [5, 5.41) is 4.54. The third-order valence-corrected chi connectivity index (χ3v) is 3.35. The maximum absolute atomic E-state index is 4.51. The van der Waals surface area contributed by atoms with Crippen LogP contribution in [0.15, 0.2) is 42.5 Å². The minimum Gasteiger partial charge on any atom is -0.355 e. The fourth-order valence-electron chi connectivity index (χ4n) is 2.29. The van der Waals surface area contributed by atoms with Gasteiger partial charge in [0.2, 0.25) is 0 Å². The molecule has 3 aromatic rings. The molecule has 2 aromatic heterocycles. The Morgan fingerprint density at radius 3 is 2.35 bits per heavy atom. The van der Waals surface area contributed by atoms with Crippen LogP contribution in [0.2, 0.25) is 0 Å². The fourth-order valence-corrected chi connectivity index (χ4v) is 2.29. The zero-order valence-corrected chi connectivity index (χ0v) is 11.9. The third kappa shape index (κ3) is 2.35. The molecule has 0 unspecified atom stereocenters. The van der Waals surface area contributed by atoms with Gasteiger partial charge in [-0.05, 0) is 50.6 Å². The first-order valence-corrected chi connectivity index (χ1v) is 6.71. The molecular weight excluding hydrogens is 246 g/mol. The lowest BCUT2D eigenvalue weighted by Gasteiger charge is -2.12. The molecule has 0 aliphatic rings. The summed E-state index contributed by atoms with van der Waals surface area (Å²) in [5.41, 5.74) is 6.12. The Hall–Kier alpha value is -2.42. The number of pyridine rings is 2. The first kappa shape index (κ1) is 12.6. The molecule has 1 aromatic carbocycles. The van der Waals surface area contributed by atoms with Crippen LogP contribution in [0.5, 0.6) is 0 Å². The average molecular weight is 263 g/mol.